The van der Waals surface area contributed by atoms with Crippen LogP contribution < -0.4 is 14.8 Å². The highest BCUT2D eigenvalue weighted by Crippen LogP contribution is 2.33. The molecule has 2 amide bonds. The number of hydrogen-bond acceptors (Lipinski definition) is 6. The van der Waals surface area contributed by atoms with Gasteiger partial charge in [-0.3, -0.25) is 9.59 Å². The fraction of sp³-hybridized carbons (Fsp3) is 0.391. The van der Waals surface area contributed by atoms with E-state index >= 15 is 0 Å². The molecular formula is C23H26N2O6. The van der Waals surface area contributed by atoms with E-state index in [0.29, 0.717) is 29.3 Å². The lowest BCUT2D eigenvalue weighted by Crippen LogP contribution is -2.53. The molecule has 0 aliphatic carbocycles. The van der Waals surface area contributed by atoms with E-state index in [1.54, 1.807) is 35.2 Å². The van der Waals surface area contributed by atoms with Crippen LogP contribution in [-0.2, 0) is 9.53 Å². The number of fused-ring (bicyclic) bond motifs is 1. The molecule has 2 heterocycles. The van der Waals surface area contributed by atoms with Gasteiger partial charge in [0.25, 0.3) is 5.91 Å². The number of anilines is 1. The lowest BCUT2D eigenvalue weighted by molar-refractivity contribution is -0.161. The van der Waals surface area contributed by atoms with Gasteiger partial charge >= 0.3 is 0 Å². The SMILES string of the molecule is CC(C)CN1C(=O)COC(c2ccc(NC(=O)c3ccc4c(c3)OCO4)cc2)C1CO. The van der Waals surface area contributed by atoms with Gasteiger partial charge in [-0.15, -0.1) is 0 Å². The molecule has 2 aliphatic rings. The van der Waals surface area contributed by atoms with Crippen molar-refractivity contribution in [2.75, 3.05) is 31.9 Å². The molecule has 2 unspecified atom stereocenters. The Balaban J connectivity index is 1.46. The highest BCUT2D eigenvalue weighted by Gasteiger charge is 2.37. The molecule has 1 saturated heterocycles. The number of hydrogen-bond donors (Lipinski definition) is 2. The maximum Gasteiger partial charge on any atom is 0.255 e. The summed E-state index contributed by atoms with van der Waals surface area (Å²) in [5, 5.41) is 12.8. The Labute approximate surface area is 180 Å². The summed E-state index contributed by atoms with van der Waals surface area (Å²) in [6.07, 6.45) is -0.430. The Kier molecular flexibility index (Phi) is 6.11. The molecule has 2 aromatic rings. The van der Waals surface area contributed by atoms with Crippen LogP contribution in [0.2, 0.25) is 0 Å². The number of carbonyl (C=O) groups is 2. The standard InChI is InChI=1S/C23H26N2O6/c1-14(2)10-25-18(11-26)22(29-12-21(25)27)15-3-6-17(7-4-15)24-23(28)16-5-8-19-20(9-16)31-13-30-19/h3-9,14,18,22,26H,10-13H2,1-2H3,(H,24,28). The van der Waals surface area contributed by atoms with Gasteiger partial charge in [0.15, 0.2) is 11.5 Å². The quantitative estimate of drug-likeness (QED) is 0.737. The van der Waals surface area contributed by atoms with Crippen LogP contribution in [-0.4, -0.2) is 54.4 Å². The van der Waals surface area contributed by atoms with Crippen molar-refractivity contribution in [3.63, 3.8) is 0 Å². The molecule has 1 fully saturated rings. The second-order valence-corrected chi connectivity index (χ2v) is 8.07. The van der Waals surface area contributed by atoms with Crippen molar-refractivity contribution in [3.8, 4) is 11.5 Å². The first-order chi connectivity index (χ1) is 15.0. The largest absolute Gasteiger partial charge is 0.454 e. The van der Waals surface area contributed by atoms with Crippen molar-refractivity contribution in [1.29, 1.82) is 0 Å². The van der Waals surface area contributed by atoms with Crippen molar-refractivity contribution in [2.45, 2.75) is 26.0 Å². The van der Waals surface area contributed by atoms with E-state index in [4.69, 9.17) is 14.2 Å². The van der Waals surface area contributed by atoms with E-state index < -0.39 is 12.1 Å². The Morgan fingerprint density at radius 1 is 1.16 bits per heavy atom. The average molecular weight is 426 g/mol. The fourth-order valence-corrected chi connectivity index (χ4v) is 3.84. The summed E-state index contributed by atoms with van der Waals surface area (Å²) in [7, 11) is 0. The lowest BCUT2D eigenvalue weighted by Gasteiger charge is -2.41. The molecule has 2 aliphatic heterocycles. The summed E-state index contributed by atoms with van der Waals surface area (Å²) in [4.78, 5) is 26.6. The molecule has 164 valence electrons. The summed E-state index contributed by atoms with van der Waals surface area (Å²) in [6, 6.07) is 11.8. The third-order valence-corrected chi connectivity index (χ3v) is 5.34. The summed E-state index contributed by atoms with van der Waals surface area (Å²) < 4.78 is 16.3. The molecule has 0 saturated carbocycles. The smallest absolute Gasteiger partial charge is 0.255 e. The monoisotopic (exact) mass is 426 g/mol. The van der Waals surface area contributed by atoms with Crippen LogP contribution in [0, 0.1) is 5.92 Å². The van der Waals surface area contributed by atoms with E-state index in [2.05, 4.69) is 5.32 Å². The number of benzene rings is 2. The van der Waals surface area contributed by atoms with Gasteiger partial charge in [0.2, 0.25) is 12.7 Å². The Hall–Kier alpha value is -3.10. The molecule has 2 atom stereocenters. The van der Waals surface area contributed by atoms with E-state index in [0.717, 1.165) is 5.56 Å². The zero-order valence-corrected chi connectivity index (χ0v) is 17.5. The molecule has 31 heavy (non-hydrogen) atoms. The first-order valence-electron chi connectivity index (χ1n) is 10.3. The van der Waals surface area contributed by atoms with Crippen LogP contribution in [0.5, 0.6) is 11.5 Å². The van der Waals surface area contributed by atoms with E-state index in [9.17, 15) is 14.7 Å². The molecule has 0 bridgehead atoms. The molecule has 0 aromatic heterocycles. The number of carbonyl (C=O) groups excluding carboxylic acids is 2. The number of rotatable bonds is 6. The molecule has 8 nitrogen and oxygen atoms in total. The normalized spacial score (nSPS) is 20.3. The summed E-state index contributed by atoms with van der Waals surface area (Å²) in [5.41, 5.74) is 1.92. The highest BCUT2D eigenvalue weighted by atomic mass is 16.7. The van der Waals surface area contributed by atoms with Crippen LogP contribution in [0.15, 0.2) is 42.5 Å². The van der Waals surface area contributed by atoms with Gasteiger partial charge in [-0.05, 0) is 41.8 Å². The number of ether oxygens (including phenoxy) is 3. The fourth-order valence-electron chi connectivity index (χ4n) is 3.84. The van der Waals surface area contributed by atoms with Gasteiger partial charge < -0.3 is 29.5 Å². The minimum Gasteiger partial charge on any atom is -0.454 e. The van der Waals surface area contributed by atoms with Gasteiger partial charge in [-0.2, -0.15) is 0 Å². The van der Waals surface area contributed by atoms with Crippen molar-refractivity contribution < 1.29 is 28.9 Å². The summed E-state index contributed by atoms with van der Waals surface area (Å²) >= 11 is 0. The van der Waals surface area contributed by atoms with Gasteiger partial charge in [-0.1, -0.05) is 26.0 Å². The zero-order valence-electron chi connectivity index (χ0n) is 17.5. The molecular weight excluding hydrogens is 400 g/mol. The van der Waals surface area contributed by atoms with Crippen molar-refractivity contribution in [2.24, 2.45) is 5.92 Å². The van der Waals surface area contributed by atoms with Crippen LogP contribution in [0.4, 0.5) is 5.69 Å². The summed E-state index contributed by atoms with van der Waals surface area (Å²) in [6.45, 7) is 4.57. The van der Waals surface area contributed by atoms with Crippen molar-refractivity contribution in [1.82, 2.24) is 4.90 Å². The Morgan fingerprint density at radius 2 is 1.90 bits per heavy atom. The maximum absolute atomic E-state index is 12.6. The van der Waals surface area contributed by atoms with E-state index in [1.807, 2.05) is 26.0 Å². The highest BCUT2D eigenvalue weighted by molar-refractivity contribution is 6.04. The average Bonchev–Trinajstić information content (AvgIpc) is 3.23. The van der Waals surface area contributed by atoms with Crippen LogP contribution in [0.1, 0.15) is 35.9 Å². The zero-order chi connectivity index (χ0) is 22.0. The number of amides is 2. The minimum absolute atomic E-state index is 0.0174. The second-order valence-electron chi connectivity index (χ2n) is 8.07. The first-order valence-corrected chi connectivity index (χ1v) is 10.3. The molecule has 0 spiro atoms. The third kappa shape index (κ3) is 4.50. The number of nitrogens with one attached hydrogen (secondary N) is 1. The number of aliphatic hydroxyl groups is 1. The van der Waals surface area contributed by atoms with Crippen LogP contribution in [0.3, 0.4) is 0 Å². The van der Waals surface area contributed by atoms with E-state index in [1.165, 1.54) is 0 Å². The maximum atomic E-state index is 12.6. The molecule has 2 N–H and O–H groups in total. The molecule has 8 heteroatoms. The van der Waals surface area contributed by atoms with Crippen LogP contribution >= 0.6 is 0 Å². The summed E-state index contributed by atoms with van der Waals surface area (Å²) in [5.74, 6) is 1.08. The van der Waals surface area contributed by atoms with E-state index in [-0.39, 0.29) is 37.7 Å². The third-order valence-electron chi connectivity index (χ3n) is 5.34. The Morgan fingerprint density at radius 3 is 2.61 bits per heavy atom. The predicted octanol–water partition coefficient (Wildman–Crippen LogP) is 2.58. The van der Waals surface area contributed by atoms with Crippen molar-refractivity contribution in [3.05, 3.63) is 53.6 Å². The van der Waals surface area contributed by atoms with Gasteiger partial charge in [0.1, 0.15) is 12.7 Å². The van der Waals surface area contributed by atoms with Crippen molar-refractivity contribution >= 4 is 17.5 Å². The number of nitrogens with zero attached hydrogens (tertiary/aromatic N) is 1. The minimum atomic E-state index is -0.447. The van der Waals surface area contributed by atoms with Gasteiger partial charge in [0, 0.05) is 17.8 Å². The number of aliphatic hydroxyl groups excluding tert-OH is 1. The lowest BCUT2D eigenvalue weighted by atomic mass is 9.98. The van der Waals surface area contributed by atoms with Gasteiger partial charge in [-0.25, -0.2) is 0 Å². The Bertz CT molecular complexity index is 959. The molecule has 2 aromatic carbocycles. The topological polar surface area (TPSA) is 97.3 Å². The number of morpholine rings is 1. The molecule has 0 radical (unpaired) electrons. The second kappa shape index (κ2) is 8.95. The van der Waals surface area contributed by atoms with Gasteiger partial charge in [0.05, 0.1) is 12.6 Å². The predicted molar refractivity (Wildman–Crippen MR) is 113 cm³/mol. The first kappa shape index (κ1) is 21.1. The van der Waals surface area contributed by atoms with Crippen LogP contribution in [0.25, 0.3) is 0 Å². The molecule has 4 rings (SSSR count).